The Morgan fingerprint density at radius 3 is 2.90 bits per heavy atom. The molecule has 1 fully saturated rings. The Bertz CT molecular complexity index is 515. The van der Waals surface area contributed by atoms with Gasteiger partial charge in [0.15, 0.2) is 0 Å². The second kappa shape index (κ2) is 6.81. The third-order valence-corrected chi connectivity index (χ3v) is 5.97. The number of amides is 2. The van der Waals surface area contributed by atoms with E-state index in [0.717, 1.165) is 49.0 Å². The van der Waals surface area contributed by atoms with E-state index < -0.39 is 0 Å². The van der Waals surface area contributed by atoms with Crippen molar-refractivity contribution in [3.05, 3.63) is 21.4 Å². The van der Waals surface area contributed by atoms with E-state index in [1.165, 1.54) is 10.4 Å². The molecule has 0 radical (unpaired) electrons. The number of piperazine rings is 1. The number of thioether (sulfide) groups is 1. The van der Waals surface area contributed by atoms with E-state index in [4.69, 9.17) is 0 Å². The highest BCUT2D eigenvalue weighted by Gasteiger charge is 2.20. The van der Waals surface area contributed by atoms with Gasteiger partial charge in [-0.3, -0.25) is 9.59 Å². The van der Waals surface area contributed by atoms with Gasteiger partial charge in [0.05, 0.1) is 11.4 Å². The molecule has 2 aliphatic heterocycles. The minimum atomic E-state index is -0.122. The number of hydrogen-bond donors (Lipinski definition) is 2. The van der Waals surface area contributed by atoms with Crippen molar-refractivity contribution in [2.45, 2.75) is 12.2 Å². The molecule has 0 spiro atoms. The summed E-state index contributed by atoms with van der Waals surface area (Å²) in [6, 6.07) is 1.98. The number of carbonyl (C=O) groups is 2. The lowest BCUT2D eigenvalue weighted by molar-refractivity contribution is -0.130. The summed E-state index contributed by atoms with van der Waals surface area (Å²) in [7, 11) is 0. The van der Waals surface area contributed by atoms with Crippen molar-refractivity contribution in [1.29, 1.82) is 0 Å². The second-order valence-corrected chi connectivity index (χ2v) is 7.42. The molecule has 1 aromatic rings. The van der Waals surface area contributed by atoms with E-state index in [9.17, 15) is 9.59 Å². The number of aryl methyl sites for hydroxylation is 1. The van der Waals surface area contributed by atoms with Crippen LogP contribution in [0.15, 0.2) is 6.07 Å². The van der Waals surface area contributed by atoms with Crippen LogP contribution in [-0.2, 0) is 17.0 Å². The highest BCUT2D eigenvalue weighted by atomic mass is 32.2. The van der Waals surface area contributed by atoms with Gasteiger partial charge in [-0.15, -0.1) is 11.3 Å². The number of fused-ring (bicyclic) bond motifs is 1. The van der Waals surface area contributed by atoms with Crippen LogP contribution in [0.2, 0.25) is 0 Å². The summed E-state index contributed by atoms with van der Waals surface area (Å²) in [4.78, 5) is 28.0. The van der Waals surface area contributed by atoms with E-state index in [-0.39, 0.29) is 18.4 Å². The molecule has 0 atom stereocenters. The molecule has 7 heteroatoms. The fourth-order valence-electron chi connectivity index (χ4n) is 2.53. The Morgan fingerprint density at radius 1 is 1.33 bits per heavy atom. The number of carbonyl (C=O) groups excluding carboxylic acids is 2. The van der Waals surface area contributed by atoms with Crippen molar-refractivity contribution < 1.29 is 9.59 Å². The van der Waals surface area contributed by atoms with E-state index in [1.807, 2.05) is 17.8 Å². The van der Waals surface area contributed by atoms with Gasteiger partial charge in [0.1, 0.15) is 0 Å². The average Bonchev–Trinajstić information content (AvgIpc) is 2.97. The molecule has 2 N–H and O–H groups in total. The van der Waals surface area contributed by atoms with E-state index in [1.54, 1.807) is 16.2 Å². The first-order valence-corrected chi connectivity index (χ1v) is 9.17. The summed E-state index contributed by atoms with van der Waals surface area (Å²) < 4.78 is 0. The van der Waals surface area contributed by atoms with Gasteiger partial charge < -0.3 is 15.5 Å². The Balaban J connectivity index is 1.53. The van der Waals surface area contributed by atoms with E-state index in [2.05, 4.69) is 10.6 Å². The average molecular weight is 325 g/mol. The number of nitrogens with zero attached hydrogens (tertiary/aromatic N) is 1. The Kier molecular flexibility index (Phi) is 4.82. The van der Waals surface area contributed by atoms with Gasteiger partial charge in [-0.25, -0.2) is 0 Å². The summed E-state index contributed by atoms with van der Waals surface area (Å²) >= 11 is 3.48. The molecule has 114 valence electrons. The minimum Gasteiger partial charge on any atom is -0.342 e. The lowest BCUT2D eigenvalue weighted by Gasteiger charge is -2.27. The van der Waals surface area contributed by atoms with Crippen LogP contribution in [0, 0.1) is 0 Å². The van der Waals surface area contributed by atoms with Crippen molar-refractivity contribution in [2.75, 3.05) is 38.5 Å². The Labute approximate surface area is 132 Å². The zero-order chi connectivity index (χ0) is 14.7. The SMILES string of the molecule is O=C(NCC(=O)N1CCNCC1)c1cc2c(s1)CCSC2. The normalized spacial score (nSPS) is 18.2. The molecule has 0 aliphatic carbocycles. The van der Waals surface area contributed by atoms with Gasteiger partial charge in [0.2, 0.25) is 5.91 Å². The van der Waals surface area contributed by atoms with Crippen molar-refractivity contribution in [3.63, 3.8) is 0 Å². The van der Waals surface area contributed by atoms with Crippen LogP contribution >= 0.6 is 23.1 Å². The monoisotopic (exact) mass is 325 g/mol. The molecule has 0 aromatic carbocycles. The van der Waals surface area contributed by atoms with E-state index in [0.29, 0.717) is 0 Å². The number of thiophene rings is 1. The Hall–Kier alpha value is -1.05. The molecular weight excluding hydrogens is 306 g/mol. The highest BCUT2D eigenvalue weighted by molar-refractivity contribution is 7.98. The lowest BCUT2D eigenvalue weighted by atomic mass is 10.2. The standard InChI is InChI=1S/C14H19N3O2S2/c18-13(17-4-2-15-3-5-17)8-16-14(19)12-7-10-9-20-6-1-11(10)21-12/h7,15H,1-6,8-9H2,(H,16,19). The molecule has 0 bridgehead atoms. The first-order valence-electron chi connectivity index (χ1n) is 7.20. The summed E-state index contributed by atoms with van der Waals surface area (Å²) in [5.41, 5.74) is 1.29. The van der Waals surface area contributed by atoms with E-state index >= 15 is 0 Å². The van der Waals surface area contributed by atoms with Gasteiger partial charge in [0, 0.05) is 36.8 Å². The van der Waals surface area contributed by atoms with Gasteiger partial charge >= 0.3 is 0 Å². The second-order valence-electron chi connectivity index (χ2n) is 5.18. The molecule has 1 saturated heterocycles. The maximum Gasteiger partial charge on any atom is 0.261 e. The molecule has 21 heavy (non-hydrogen) atoms. The Morgan fingerprint density at radius 2 is 2.14 bits per heavy atom. The number of hydrogen-bond acceptors (Lipinski definition) is 5. The summed E-state index contributed by atoms with van der Waals surface area (Å²) in [6.45, 7) is 3.19. The summed E-state index contributed by atoms with van der Waals surface area (Å²) in [5.74, 6) is 2.01. The van der Waals surface area contributed by atoms with Gasteiger partial charge in [-0.05, 0) is 23.8 Å². The third-order valence-electron chi connectivity index (χ3n) is 3.72. The summed E-state index contributed by atoms with van der Waals surface area (Å²) in [5, 5.41) is 5.96. The molecule has 3 heterocycles. The van der Waals surface area contributed by atoms with Crippen molar-refractivity contribution in [1.82, 2.24) is 15.5 Å². The smallest absolute Gasteiger partial charge is 0.261 e. The molecule has 1 aromatic heterocycles. The molecular formula is C14H19N3O2S2. The third kappa shape index (κ3) is 3.59. The largest absolute Gasteiger partial charge is 0.342 e. The maximum atomic E-state index is 12.2. The predicted octanol–water partition coefficient (Wildman–Crippen LogP) is 0.699. The molecule has 0 unspecified atom stereocenters. The zero-order valence-electron chi connectivity index (χ0n) is 11.8. The highest BCUT2D eigenvalue weighted by Crippen LogP contribution is 2.31. The predicted molar refractivity (Wildman–Crippen MR) is 86.0 cm³/mol. The van der Waals surface area contributed by atoms with Crippen LogP contribution < -0.4 is 10.6 Å². The first kappa shape index (κ1) is 14.9. The van der Waals surface area contributed by atoms with Gasteiger partial charge in [-0.1, -0.05) is 0 Å². The zero-order valence-corrected chi connectivity index (χ0v) is 13.4. The number of rotatable bonds is 3. The van der Waals surface area contributed by atoms with Crippen molar-refractivity contribution in [3.8, 4) is 0 Å². The molecule has 5 nitrogen and oxygen atoms in total. The van der Waals surface area contributed by atoms with Crippen LogP contribution in [0.5, 0.6) is 0 Å². The first-order chi connectivity index (χ1) is 10.2. The fourth-order valence-corrected chi connectivity index (χ4v) is 4.82. The molecule has 2 aliphatic rings. The lowest BCUT2D eigenvalue weighted by Crippen LogP contribution is -2.49. The topological polar surface area (TPSA) is 61.4 Å². The fraction of sp³-hybridized carbons (Fsp3) is 0.571. The van der Waals surface area contributed by atoms with Crippen molar-refractivity contribution in [2.24, 2.45) is 0 Å². The molecule has 0 saturated carbocycles. The van der Waals surface area contributed by atoms with Gasteiger partial charge in [0.25, 0.3) is 5.91 Å². The van der Waals surface area contributed by atoms with Crippen LogP contribution in [0.3, 0.4) is 0 Å². The number of nitrogens with one attached hydrogen (secondary N) is 2. The van der Waals surface area contributed by atoms with Gasteiger partial charge in [-0.2, -0.15) is 11.8 Å². The van der Waals surface area contributed by atoms with Crippen LogP contribution in [0.1, 0.15) is 20.1 Å². The van der Waals surface area contributed by atoms with Crippen LogP contribution in [-0.4, -0.2) is 55.2 Å². The van der Waals surface area contributed by atoms with Crippen LogP contribution in [0.4, 0.5) is 0 Å². The van der Waals surface area contributed by atoms with Crippen molar-refractivity contribution >= 4 is 34.9 Å². The van der Waals surface area contributed by atoms with Crippen LogP contribution in [0.25, 0.3) is 0 Å². The minimum absolute atomic E-state index is 0.00160. The molecule has 3 rings (SSSR count). The summed E-state index contributed by atoms with van der Waals surface area (Å²) in [6.07, 6.45) is 1.05. The maximum absolute atomic E-state index is 12.2. The molecule has 2 amide bonds. The quantitative estimate of drug-likeness (QED) is 0.859.